The zero-order chi connectivity index (χ0) is 15.0. The van der Waals surface area contributed by atoms with Crippen LogP contribution in [0.25, 0.3) is 0 Å². The van der Waals surface area contributed by atoms with Gasteiger partial charge in [0.05, 0.1) is 22.6 Å². The minimum Gasteiger partial charge on any atom is -0.478 e. The summed E-state index contributed by atoms with van der Waals surface area (Å²) in [7, 11) is 2.03. The smallest absolute Gasteiger partial charge is 0.337 e. The van der Waals surface area contributed by atoms with Crippen molar-refractivity contribution >= 4 is 34.6 Å². The van der Waals surface area contributed by atoms with Gasteiger partial charge >= 0.3 is 5.97 Å². The van der Waals surface area contributed by atoms with Crippen molar-refractivity contribution in [3.05, 3.63) is 53.1 Å². The molecule has 1 heterocycles. The van der Waals surface area contributed by atoms with Gasteiger partial charge in [-0.25, -0.2) is 4.79 Å². The van der Waals surface area contributed by atoms with Crippen LogP contribution < -0.4 is 9.80 Å². The van der Waals surface area contributed by atoms with Crippen molar-refractivity contribution in [2.75, 3.05) is 29.9 Å². The van der Waals surface area contributed by atoms with Crippen LogP contribution in [0.2, 0.25) is 5.02 Å². The first-order valence-corrected chi connectivity index (χ1v) is 7.06. The topological polar surface area (TPSA) is 43.8 Å². The number of carbonyl (C=O) groups is 1. The van der Waals surface area contributed by atoms with E-state index in [4.69, 9.17) is 11.6 Å². The number of hydrogen-bond donors (Lipinski definition) is 1. The van der Waals surface area contributed by atoms with Crippen molar-refractivity contribution in [3.8, 4) is 0 Å². The zero-order valence-corrected chi connectivity index (χ0v) is 12.3. The molecule has 21 heavy (non-hydrogen) atoms. The average molecular weight is 303 g/mol. The second-order valence-corrected chi connectivity index (χ2v) is 5.46. The van der Waals surface area contributed by atoms with Crippen LogP contribution in [0.4, 0.5) is 17.1 Å². The Morgan fingerprint density at radius 1 is 1.10 bits per heavy atom. The number of carboxylic acids is 1. The van der Waals surface area contributed by atoms with E-state index in [9.17, 15) is 9.90 Å². The lowest BCUT2D eigenvalue weighted by atomic mass is 10.1. The van der Waals surface area contributed by atoms with Crippen LogP contribution in [0, 0.1) is 0 Å². The van der Waals surface area contributed by atoms with Gasteiger partial charge in [0.25, 0.3) is 0 Å². The van der Waals surface area contributed by atoms with Crippen LogP contribution in [-0.4, -0.2) is 31.2 Å². The van der Waals surface area contributed by atoms with Crippen molar-refractivity contribution in [2.45, 2.75) is 0 Å². The summed E-state index contributed by atoms with van der Waals surface area (Å²) in [5, 5.41) is 9.94. The van der Waals surface area contributed by atoms with E-state index in [0.29, 0.717) is 17.3 Å². The molecule has 0 bridgehead atoms. The second-order valence-electron chi connectivity index (χ2n) is 5.03. The molecular weight excluding hydrogens is 288 g/mol. The highest BCUT2D eigenvalue weighted by Gasteiger charge is 2.24. The van der Waals surface area contributed by atoms with E-state index in [0.717, 1.165) is 17.9 Å². The largest absolute Gasteiger partial charge is 0.478 e. The van der Waals surface area contributed by atoms with Gasteiger partial charge in [-0.1, -0.05) is 23.7 Å². The molecule has 5 heteroatoms. The molecule has 0 amide bonds. The first-order chi connectivity index (χ1) is 10.1. The fourth-order valence-corrected chi connectivity index (χ4v) is 2.83. The van der Waals surface area contributed by atoms with Crippen molar-refractivity contribution in [1.29, 1.82) is 0 Å². The van der Waals surface area contributed by atoms with Gasteiger partial charge in [-0.2, -0.15) is 0 Å². The molecule has 0 radical (unpaired) electrons. The molecule has 0 spiro atoms. The van der Waals surface area contributed by atoms with Crippen molar-refractivity contribution in [2.24, 2.45) is 0 Å². The molecule has 0 saturated heterocycles. The molecule has 108 valence electrons. The van der Waals surface area contributed by atoms with Crippen LogP contribution in [0.15, 0.2) is 42.5 Å². The van der Waals surface area contributed by atoms with Gasteiger partial charge in [0, 0.05) is 25.2 Å². The Kier molecular flexibility index (Phi) is 3.47. The van der Waals surface area contributed by atoms with Crippen molar-refractivity contribution < 1.29 is 9.90 Å². The van der Waals surface area contributed by atoms with Crippen LogP contribution >= 0.6 is 11.6 Å². The second kappa shape index (κ2) is 5.30. The van der Waals surface area contributed by atoms with Gasteiger partial charge in [-0.05, 0) is 30.3 Å². The lowest BCUT2D eigenvalue weighted by molar-refractivity contribution is 0.0697. The van der Waals surface area contributed by atoms with Gasteiger partial charge in [0.15, 0.2) is 0 Å². The highest BCUT2D eigenvalue weighted by molar-refractivity contribution is 6.31. The van der Waals surface area contributed by atoms with Crippen LogP contribution in [-0.2, 0) is 0 Å². The minimum absolute atomic E-state index is 0.263. The summed E-state index contributed by atoms with van der Waals surface area (Å²) in [5.74, 6) is -0.946. The molecule has 2 aromatic carbocycles. The molecule has 1 aliphatic rings. The fourth-order valence-electron chi connectivity index (χ4n) is 2.67. The van der Waals surface area contributed by atoms with E-state index in [1.807, 2.05) is 36.2 Å². The molecular formula is C16H15ClN2O2. The third-order valence-corrected chi connectivity index (χ3v) is 3.96. The Morgan fingerprint density at radius 2 is 1.81 bits per heavy atom. The van der Waals surface area contributed by atoms with E-state index >= 15 is 0 Å². The maximum atomic E-state index is 11.5. The number of benzene rings is 2. The van der Waals surface area contributed by atoms with Gasteiger partial charge < -0.3 is 14.9 Å². The van der Waals surface area contributed by atoms with Gasteiger partial charge in [0.2, 0.25) is 0 Å². The summed E-state index contributed by atoms with van der Waals surface area (Å²) in [5.41, 5.74) is 2.98. The monoisotopic (exact) mass is 302 g/mol. The first kappa shape index (κ1) is 13.8. The summed E-state index contributed by atoms with van der Waals surface area (Å²) in [6.07, 6.45) is 0. The predicted octanol–water partition coefficient (Wildman–Crippen LogP) is 3.63. The molecule has 1 aliphatic heterocycles. The molecule has 0 atom stereocenters. The van der Waals surface area contributed by atoms with Gasteiger partial charge in [-0.15, -0.1) is 0 Å². The Hall–Kier alpha value is -2.20. The lowest BCUT2D eigenvalue weighted by Crippen LogP contribution is -2.37. The standard InChI is InChI=1S/C16H15ClN2O2/c1-18-8-9-19(14-5-3-2-4-13(14)18)15-10-11(17)6-7-12(15)16(20)21/h2-7,10H,8-9H2,1H3,(H,20,21). The minimum atomic E-state index is -0.946. The number of anilines is 3. The highest BCUT2D eigenvalue weighted by atomic mass is 35.5. The molecule has 1 N–H and O–H groups in total. The number of likely N-dealkylation sites (N-methyl/N-ethyl adjacent to an activating group) is 1. The maximum Gasteiger partial charge on any atom is 0.337 e. The van der Waals surface area contributed by atoms with E-state index < -0.39 is 5.97 Å². The molecule has 0 aromatic heterocycles. The third-order valence-electron chi connectivity index (χ3n) is 3.72. The van der Waals surface area contributed by atoms with Crippen LogP contribution in [0.1, 0.15) is 10.4 Å². The van der Waals surface area contributed by atoms with Crippen molar-refractivity contribution in [3.63, 3.8) is 0 Å². The molecule has 3 rings (SSSR count). The number of rotatable bonds is 2. The summed E-state index contributed by atoms with van der Waals surface area (Å²) >= 11 is 6.07. The number of carboxylic acid groups (broad SMARTS) is 1. The van der Waals surface area contributed by atoms with Crippen molar-refractivity contribution in [1.82, 2.24) is 0 Å². The normalized spacial score (nSPS) is 14.0. The van der Waals surface area contributed by atoms with Crippen LogP contribution in [0.3, 0.4) is 0 Å². The lowest BCUT2D eigenvalue weighted by Gasteiger charge is -2.37. The number of fused-ring (bicyclic) bond motifs is 1. The molecule has 0 fully saturated rings. The first-order valence-electron chi connectivity index (χ1n) is 6.68. The average Bonchev–Trinajstić information content (AvgIpc) is 2.47. The molecule has 0 unspecified atom stereocenters. The highest BCUT2D eigenvalue weighted by Crippen LogP contribution is 2.39. The summed E-state index contributed by atoms with van der Waals surface area (Å²) in [6, 6.07) is 12.8. The molecule has 4 nitrogen and oxygen atoms in total. The summed E-state index contributed by atoms with van der Waals surface area (Å²) < 4.78 is 0. The quantitative estimate of drug-likeness (QED) is 0.920. The zero-order valence-electron chi connectivity index (χ0n) is 11.6. The summed E-state index contributed by atoms with van der Waals surface area (Å²) in [6.45, 7) is 1.54. The Morgan fingerprint density at radius 3 is 2.52 bits per heavy atom. The molecule has 0 saturated carbocycles. The van der Waals surface area contributed by atoms with E-state index in [1.54, 1.807) is 18.2 Å². The summed E-state index contributed by atoms with van der Waals surface area (Å²) in [4.78, 5) is 15.7. The number of para-hydroxylation sites is 2. The number of halogens is 1. The third kappa shape index (κ3) is 2.43. The number of nitrogens with zero attached hydrogens (tertiary/aromatic N) is 2. The Balaban J connectivity index is 2.16. The maximum absolute atomic E-state index is 11.5. The van der Waals surface area contributed by atoms with Gasteiger partial charge in [-0.3, -0.25) is 0 Å². The van der Waals surface area contributed by atoms with E-state index in [2.05, 4.69) is 4.90 Å². The number of aromatic carboxylic acids is 1. The van der Waals surface area contributed by atoms with E-state index in [1.165, 1.54) is 0 Å². The van der Waals surface area contributed by atoms with Gasteiger partial charge in [0.1, 0.15) is 0 Å². The Bertz CT molecular complexity index is 702. The molecule has 0 aliphatic carbocycles. The Labute approximate surface area is 128 Å². The van der Waals surface area contributed by atoms with E-state index in [-0.39, 0.29) is 5.56 Å². The number of hydrogen-bond acceptors (Lipinski definition) is 3. The van der Waals surface area contributed by atoms with Crippen LogP contribution in [0.5, 0.6) is 0 Å². The SMILES string of the molecule is CN1CCN(c2cc(Cl)ccc2C(=O)O)c2ccccc21. The fraction of sp³-hybridized carbons (Fsp3) is 0.188. The molecule has 2 aromatic rings. The predicted molar refractivity (Wildman–Crippen MR) is 85.1 cm³/mol.